The van der Waals surface area contributed by atoms with Gasteiger partial charge in [-0.2, -0.15) is 0 Å². The Labute approximate surface area is 117 Å². The fraction of sp³-hybridized carbons (Fsp3) is 0.467. The summed E-state index contributed by atoms with van der Waals surface area (Å²) < 4.78 is 18.3. The Kier molecular flexibility index (Phi) is 3.90. The van der Waals surface area contributed by atoms with Crippen molar-refractivity contribution in [3.8, 4) is 0 Å². The third-order valence-electron chi connectivity index (χ3n) is 3.97. The van der Waals surface area contributed by atoms with E-state index in [9.17, 15) is 14.0 Å². The smallest absolute Gasteiger partial charge is 0.317 e. The molecule has 1 fully saturated rings. The van der Waals surface area contributed by atoms with Crippen LogP contribution in [0.2, 0.25) is 0 Å². The van der Waals surface area contributed by atoms with Crippen LogP contribution in [0.1, 0.15) is 19.4 Å². The fourth-order valence-electron chi connectivity index (χ4n) is 2.65. The van der Waals surface area contributed by atoms with Gasteiger partial charge in [0.1, 0.15) is 17.3 Å². The average molecular weight is 279 g/mol. The van der Waals surface area contributed by atoms with E-state index in [2.05, 4.69) is 0 Å². The first-order chi connectivity index (χ1) is 9.41. The van der Waals surface area contributed by atoms with Gasteiger partial charge < -0.3 is 4.74 Å². The van der Waals surface area contributed by atoms with E-state index in [0.29, 0.717) is 5.56 Å². The molecule has 0 saturated carbocycles. The number of esters is 1. The van der Waals surface area contributed by atoms with Gasteiger partial charge in [-0.1, -0.05) is 12.1 Å². The zero-order valence-corrected chi connectivity index (χ0v) is 11.9. The molecule has 1 heterocycles. The summed E-state index contributed by atoms with van der Waals surface area (Å²) in [4.78, 5) is 26.2. The van der Waals surface area contributed by atoms with E-state index in [4.69, 9.17) is 4.74 Å². The van der Waals surface area contributed by atoms with Gasteiger partial charge in [0.25, 0.3) is 0 Å². The van der Waals surface area contributed by atoms with Crippen molar-refractivity contribution < 1.29 is 18.7 Å². The molecular formula is C15H18FNO3. The molecule has 1 aromatic rings. The minimum atomic E-state index is -1.00. The molecule has 1 aromatic carbocycles. The van der Waals surface area contributed by atoms with Crippen LogP contribution in [0.4, 0.5) is 4.39 Å². The second-order valence-corrected chi connectivity index (χ2v) is 5.13. The number of likely N-dealkylation sites (tertiary alicyclic amines) is 1. The first-order valence-corrected chi connectivity index (χ1v) is 6.59. The van der Waals surface area contributed by atoms with Crippen LogP contribution in [-0.4, -0.2) is 36.9 Å². The molecule has 5 heteroatoms. The number of benzene rings is 1. The molecule has 1 aliphatic heterocycles. The molecule has 2 rings (SSSR count). The first kappa shape index (κ1) is 14.7. The zero-order chi connectivity index (χ0) is 14.9. The van der Waals surface area contributed by atoms with Gasteiger partial charge in [-0.15, -0.1) is 0 Å². The molecule has 2 atom stereocenters. The van der Waals surface area contributed by atoms with Crippen molar-refractivity contribution in [3.05, 3.63) is 35.6 Å². The number of rotatable bonds is 3. The van der Waals surface area contributed by atoms with Crippen LogP contribution in [0.25, 0.3) is 0 Å². The molecule has 0 bridgehead atoms. The van der Waals surface area contributed by atoms with Crippen molar-refractivity contribution >= 4 is 11.8 Å². The molecule has 0 amide bonds. The minimum absolute atomic E-state index is 0.239. The SMILES string of the molecule is CCOC(=O)C1CN(C)C(C)(c2cccc(F)c2)C1=O. The molecule has 108 valence electrons. The quantitative estimate of drug-likeness (QED) is 0.624. The maximum atomic E-state index is 13.4. The number of ketones is 1. The highest BCUT2D eigenvalue weighted by atomic mass is 19.1. The Hall–Kier alpha value is -1.75. The molecule has 2 unspecified atom stereocenters. The normalized spacial score (nSPS) is 26.8. The first-order valence-electron chi connectivity index (χ1n) is 6.59. The average Bonchev–Trinajstić information content (AvgIpc) is 2.64. The van der Waals surface area contributed by atoms with Crippen molar-refractivity contribution in [1.82, 2.24) is 4.90 Å². The van der Waals surface area contributed by atoms with Gasteiger partial charge in [0.2, 0.25) is 0 Å². The summed E-state index contributed by atoms with van der Waals surface area (Å²) >= 11 is 0. The Morgan fingerprint density at radius 2 is 2.25 bits per heavy atom. The molecule has 1 aliphatic rings. The van der Waals surface area contributed by atoms with Gasteiger partial charge in [0, 0.05) is 6.54 Å². The summed E-state index contributed by atoms with van der Waals surface area (Å²) in [6, 6.07) is 5.93. The van der Waals surface area contributed by atoms with Gasteiger partial charge in [0.15, 0.2) is 5.78 Å². The second-order valence-electron chi connectivity index (χ2n) is 5.13. The van der Waals surface area contributed by atoms with E-state index in [1.807, 2.05) is 0 Å². The third kappa shape index (κ3) is 2.22. The van der Waals surface area contributed by atoms with Gasteiger partial charge in [-0.25, -0.2) is 4.39 Å². The molecule has 20 heavy (non-hydrogen) atoms. The molecule has 0 spiro atoms. The molecule has 0 N–H and O–H groups in total. The molecular weight excluding hydrogens is 261 g/mol. The lowest BCUT2D eigenvalue weighted by atomic mass is 9.85. The van der Waals surface area contributed by atoms with Crippen LogP contribution < -0.4 is 0 Å². The number of likely N-dealkylation sites (N-methyl/N-ethyl adjacent to an activating group) is 1. The lowest BCUT2D eigenvalue weighted by Crippen LogP contribution is -2.41. The van der Waals surface area contributed by atoms with Crippen LogP contribution in [0.15, 0.2) is 24.3 Å². The van der Waals surface area contributed by atoms with E-state index < -0.39 is 23.2 Å². The molecule has 0 radical (unpaired) electrons. The predicted octanol–water partition coefficient (Wildman–Crippen LogP) is 1.73. The highest BCUT2D eigenvalue weighted by molar-refractivity contribution is 6.06. The highest BCUT2D eigenvalue weighted by Crippen LogP contribution is 2.37. The monoisotopic (exact) mass is 279 g/mol. The topological polar surface area (TPSA) is 46.6 Å². The number of hydrogen-bond donors (Lipinski definition) is 0. The van der Waals surface area contributed by atoms with Crippen LogP contribution in [0, 0.1) is 11.7 Å². The van der Waals surface area contributed by atoms with Gasteiger partial charge >= 0.3 is 5.97 Å². The van der Waals surface area contributed by atoms with Crippen molar-refractivity contribution in [2.45, 2.75) is 19.4 Å². The Balaban J connectivity index is 2.37. The van der Waals surface area contributed by atoms with Gasteiger partial charge in [0.05, 0.1) is 6.61 Å². The summed E-state index contributed by atoms with van der Waals surface area (Å²) in [6.07, 6.45) is 0. The standard InChI is InChI=1S/C15H18FNO3/c1-4-20-14(19)12-9-17(3)15(2,13(12)18)10-6-5-7-11(16)8-10/h5-8,12H,4,9H2,1-3H3. The maximum Gasteiger partial charge on any atom is 0.317 e. The lowest BCUT2D eigenvalue weighted by Gasteiger charge is -2.30. The van der Waals surface area contributed by atoms with E-state index >= 15 is 0 Å². The van der Waals surface area contributed by atoms with Crippen LogP contribution in [-0.2, 0) is 19.9 Å². The molecule has 0 aliphatic carbocycles. The molecule has 0 aromatic heterocycles. The number of nitrogens with zero attached hydrogens (tertiary/aromatic N) is 1. The van der Waals surface area contributed by atoms with Crippen LogP contribution in [0.3, 0.4) is 0 Å². The molecule has 4 nitrogen and oxygen atoms in total. The number of hydrogen-bond acceptors (Lipinski definition) is 4. The van der Waals surface area contributed by atoms with Gasteiger partial charge in [-0.05, 0) is 38.6 Å². The summed E-state index contributed by atoms with van der Waals surface area (Å²) in [5.41, 5.74) is -0.448. The number of ether oxygens (including phenoxy) is 1. The summed E-state index contributed by atoms with van der Waals surface area (Å²) in [6.45, 7) is 3.93. The number of Topliss-reactive ketones (excluding diaryl/α,β-unsaturated/α-hetero) is 1. The summed E-state index contributed by atoms with van der Waals surface area (Å²) in [7, 11) is 1.75. The second kappa shape index (κ2) is 5.32. The zero-order valence-electron chi connectivity index (χ0n) is 11.9. The molecule has 1 saturated heterocycles. The number of carbonyl (C=O) groups is 2. The van der Waals surface area contributed by atoms with Crippen molar-refractivity contribution in [3.63, 3.8) is 0 Å². The fourth-order valence-corrected chi connectivity index (χ4v) is 2.65. The summed E-state index contributed by atoms with van der Waals surface area (Å²) in [5.74, 6) is -1.97. The van der Waals surface area contributed by atoms with Crippen molar-refractivity contribution in [2.75, 3.05) is 20.2 Å². The Morgan fingerprint density at radius 3 is 2.85 bits per heavy atom. The number of carbonyl (C=O) groups excluding carboxylic acids is 2. The van der Waals surface area contributed by atoms with E-state index in [0.717, 1.165) is 0 Å². The van der Waals surface area contributed by atoms with Gasteiger partial charge in [-0.3, -0.25) is 14.5 Å². The predicted molar refractivity (Wildman–Crippen MR) is 71.5 cm³/mol. The van der Waals surface area contributed by atoms with E-state index in [1.165, 1.54) is 12.1 Å². The van der Waals surface area contributed by atoms with Crippen LogP contribution in [0.5, 0.6) is 0 Å². The van der Waals surface area contributed by atoms with Crippen molar-refractivity contribution in [2.24, 2.45) is 5.92 Å². The highest BCUT2D eigenvalue weighted by Gasteiger charge is 2.52. The summed E-state index contributed by atoms with van der Waals surface area (Å²) in [5, 5.41) is 0. The Morgan fingerprint density at radius 1 is 1.55 bits per heavy atom. The van der Waals surface area contributed by atoms with Crippen molar-refractivity contribution in [1.29, 1.82) is 0 Å². The third-order valence-corrected chi connectivity index (χ3v) is 3.97. The minimum Gasteiger partial charge on any atom is -0.465 e. The Bertz CT molecular complexity index is 546. The van der Waals surface area contributed by atoms with E-state index in [-0.39, 0.29) is 18.9 Å². The largest absolute Gasteiger partial charge is 0.465 e. The van der Waals surface area contributed by atoms with E-state index in [1.54, 1.807) is 37.9 Å². The number of halogens is 1. The maximum absolute atomic E-state index is 13.4. The van der Waals surface area contributed by atoms with Crippen LogP contribution >= 0.6 is 0 Å². The lowest BCUT2D eigenvalue weighted by molar-refractivity contribution is -0.150.